The van der Waals surface area contributed by atoms with E-state index in [4.69, 9.17) is 13.8 Å². The lowest BCUT2D eigenvalue weighted by atomic mass is 9.98. The number of ether oxygens (including phenoxy) is 1. The molecule has 2 unspecified atom stereocenters. The molecular weight excluding hydrogens is 211 g/mol. The third-order valence-corrected chi connectivity index (χ3v) is 4.61. The van der Waals surface area contributed by atoms with Gasteiger partial charge in [-0.3, -0.25) is 0 Å². The third kappa shape index (κ3) is 3.07. The Labute approximate surface area is 93.2 Å². The normalized spacial score (nSPS) is 40.3. The quantitative estimate of drug-likeness (QED) is 0.700. The molecule has 4 heteroatoms. The van der Waals surface area contributed by atoms with Crippen LogP contribution in [0.1, 0.15) is 27.2 Å². The smallest absolute Gasteiger partial charge is 0.114 e. The molecule has 0 radical (unpaired) electrons. The predicted molar refractivity (Wildman–Crippen MR) is 65.6 cm³/mol. The van der Waals surface area contributed by atoms with Crippen molar-refractivity contribution in [1.82, 2.24) is 0 Å². The van der Waals surface area contributed by atoms with Gasteiger partial charge in [0, 0.05) is 19.7 Å². The van der Waals surface area contributed by atoms with Gasteiger partial charge in [-0.1, -0.05) is 20.1 Å². The van der Waals surface area contributed by atoms with E-state index in [2.05, 4.69) is 27.1 Å². The Kier molecular flexibility index (Phi) is 4.42. The Balaban J connectivity index is 2.70. The lowest BCUT2D eigenvalue weighted by Gasteiger charge is -2.27. The van der Waals surface area contributed by atoms with Crippen molar-refractivity contribution in [1.29, 1.82) is 0 Å². The minimum Gasteiger partial charge on any atom is -0.372 e. The van der Waals surface area contributed by atoms with E-state index in [9.17, 15) is 0 Å². The zero-order valence-electron chi connectivity index (χ0n) is 10.4. The fourth-order valence-electron chi connectivity index (χ4n) is 1.88. The first-order valence-electron chi connectivity index (χ1n) is 5.51. The molecular formula is C11H23O3P. The largest absolute Gasteiger partial charge is 0.372 e. The molecule has 1 aliphatic rings. The molecule has 0 aromatic carbocycles. The average Bonchev–Trinajstić information content (AvgIpc) is 2.45. The highest BCUT2D eigenvalue weighted by atomic mass is 31.2. The van der Waals surface area contributed by atoms with Crippen molar-refractivity contribution >= 4 is 13.6 Å². The van der Waals surface area contributed by atoms with Gasteiger partial charge in [-0.15, -0.1) is 0 Å². The lowest BCUT2D eigenvalue weighted by molar-refractivity contribution is 0.0211. The van der Waals surface area contributed by atoms with Crippen molar-refractivity contribution in [3.63, 3.8) is 0 Å². The Hall–Kier alpha value is 0.180. The molecule has 0 aliphatic carbocycles. The van der Waals surface area contributed by atoms with Crippen molar-refractivity contribution in [2.24, 2.45) is 5.92 Å². The van der Waals surface area contributed by atoms with Crippen LogP contribution in [0.3, 0.4) is 0 Å². The summed E-state index contributed by atoms with van der Waals surface area (Å²) in [4.78, 5) is 0. The SMILES string of the molecule is C=P(C)(OC)OC1[C@@H](CC)O[C@@H](C)[C@H]1C. The summed E-state index contributed by atoms with van der Waals surface area (Å²) in [5.74, 6) is 0.408. The molecule has 1 aliphatic heterocycles. The Morgan fingerprint density at radius 2 is 2.00 bits per heavy atom. The van der Waals surface area contributed by atoms with E-state index in [-0.39, 0.29) is 18.3 Å². The molecule has 1 rings (SSSR count). The number of hydrogen-bond donors (Lipinski definition) is 0. The number of rotatable bonds is 4. The van der Waals surface area contributed by atoms with Crippen LogP contribution >= 0.6 is 7.34 Å². The summed E-state index contributed by atoms with van der Waals surface area (Å²) in [6.07, 6.45) is 5.54. The monoisotopic (exact) mass is 234 g/mol. The Morgan fingerprint density at radius 3 is 2.47 bits per heavy atom. The molecule has 3 nitrogen and oxygen atoms in total. The predicted octanol–water partition coefficient (Wildman–Crippen LogP) is 2.76. The lowest BCUT2D eigenvalue weighted by Crippen LogP contribution is -2.27. The molecule has 0 saturated carbocycles. The van der Waals surface area contributed by atoms with Crippen LogP contribution in [0.25, 0.3) is 0 Å². The van der Waals surface area contributed by atoms with E-state index in [0.29, 0.717) is 5.92 Å². The maximum absolute atomic E-state index is 5.99. The minimum absolute atomic E-state index is 0.126. The Morgan fingerprint density at radius 1 is 1.40 bits per heavy atom. The molecule has 0 spiro atoms. The van der Waals surface area contributed by atoms with Crippen LogP contribution in [0, 0.1) is 5.92 Å². The van der Waals surface area contributed by atoms with Gasteiger partial charge in [0.15, 0.2) is 0 Å². The fraction of sp³-hybridized carbons (Fsp3) is 0.909. The van der Waals surface area contributed by atoms with Gasteiger partial charge in [0.1, 0.15) is 7.34 Å². The molecule has 0 aromatic rings. The van der Waals surface area contributed by atoms with Crippen LogP contribution in [0.15, 0.2) is 0 Å². The van der Waals surface area contributed by atoms with Crippen molar-refractivity contribution in [3.05, 3.63) is 0 Å². The zero-order valence-corrected chi connectivity index (χ0v) is 11.3. The molecule has 0 N–H and O–H groups in total. The van der Waals surface area contributed by atoms with Crippen LogP contribution in [0.4, 0.5) is 0 Å². The molecule has 1 saturated heterocycles. The maximum atomic E-state index is 5.99. The van der Waals surface area contributed by atoms with E-state index in [0.717, 1.165) is 6.42 Å². The molecule has 0 aromatic heterocycles. The van der Waals surface area contributed by atoms with E-state index < -0.39 is 7.34 Å². The van der Waals surface area contributed by atoms with Gasteiger partial charge in [-0.25, -0.2) is 0 Å². The van der Waals surface area contributed by atoms with Crippen LogP contribution in [0.2, 0.25) is 0 Å². The summed E-state index contributed by atoms with van der Waals surface area (Å²) in [6, 6.07) is 0. The summed E-state index contributed by atoms with van der Waals surface area (Å²) >= 11 is 0. The van der Waals surface area contributed by atoms with Gasteiger partial charge in [0.05, 0.1) is 18.3 Å². The van der Waals surface area contributed by atoms with Crippen molar-refractivity contribution in [2.75, 3.05) is 13.8 Å². The van der Waals surface area contributed by atoms with E-state index in [1.54, 1.807) is 7.11 Å². The topological polar surface area (TPSA) is 27.7 Å². The fourth-order valence-corrected chi connectivity index (χ4v) is 2.80. The average molecular weight is 234 g/mol. The van der Waals surface area contributed by atoms with Gasteiger partial charge >= 0.3 is 0 Å². The molecule has 1 heterocycles. The minimum atomic E-state index is -1.92. The Bertz CT molecular complexity index is 254. The first-order chi connectivity index (χ1) is 6.91. The summed E-state index contributed by atoms with van der Waals surface area (Å²) in [5.41, 5.74) is 0. The molecule has 0 bridgehead atoms. The maximum Gasteiger partial charge on any atom is 0.114 e. The van der Waals surface area contributed by atoms with Crippen molar-refractivity contribution < 1.29 is 13.8 Å². The number of hydrogen-bond acceptors (Lipinski definition) is 3. The highest BCUT2D eigenvalue weighted by Gasteiger charge is 2.40. The second-order valence-corrected chi connectivity index (χ2v) is 7.02. The van der Waals surface area contributed by atoms with Gasteiger partial charge in [0.2, 0.25) is 0 Å². The van der Waals surface area contributed by atoms with Gasteiger partial charge in [-0.05, 0) is 13.3 Å². The van der Waals surface area contributed by atoms with E-state index in [1.165, 1.54) is 0 Å². The van der Waals surface area contributed by atoms with Crippen molar-refractivity contribution in [2.45, 2.75) is 45.5 Å². The molecule has 1 fully saturated rings. The second-order valence-electron chi connectivity index (χ2n) is 4.41. The first-order valence-corrected chi connectivity index (χ1v) is 7.77. The molecule has 5 atom stereocenters. The summed E-state index contributed by atoms with van der Waals surface area (Å²) in [6.45, 7) is 8.33. The van der Waals surface area contributed by atoms with Gasteiger partial charge < -0.3 is 13.8 Å². The molecule has 0 amide bonds. The highest BCUT2D eigenvalue weighted by Crippen LogP contribution is 2.47. The molecule has 90 valence electrons. The highest BCUT2D eigenvalue weighted by molar-refractivity contribution is 7.63. The molecule has 15 heavy (non-hydrogen) atoms. The van der Waals surface area contributed by atoms with Crippen LogP contribution < -0.4 is 0 Å². The van der Waals surface area contributed by atoms with E-state index in [1.807, 2.05) is 6.66 Å². The van der Waals surface area contributed by atoms with Gasteiger partial charge in [0.25, 0.3) is 0 Å². The van der Waals surface area contributed by atoms with E-state index >= 15 is 0 Å². The van der Waals surface area contributed by atoms with Crippen molar-refractivity contribution in [3.8, 4) is 0 Å². The van der Waals surface area contributed by atoms with Crippen LogP contribution in [-0.4, -0.2) is 38.4 Å². The zero-order chi connectivity index (χ0) is 11.6. The van der Waals surface area contributed by atoms with Crippen LogP contribution in [-0.2, 0) is 13.8 Å². The summed E-state index contributed by atoms with van der Waals surface area (Å²) in [7, 11) is -0.259. The third-order valence-electron chi connectivity index (χ3n) is 3.15. The van der Waals surface area contributed by atoms with Gasteiger partial charge in [-0.2, -0.15) is 0 Å². The second kappa shape index (κ2) is 5.01. The first kappa shape index (κ1) is 13.2. The summed E-state index contributed by atoms with van der Waals surface area (Å²) < 4.78 is 17.1. The van der Waals surface area contributed by atoms with Crippen LogP contribution in [0.5, 0.6) is 0 Å². The summed E-state index contributed by atoms with van der Waals surface area (Å²) in [5, 5.41) is 0. The standard InChI is InChI=1S/C11H23O3P/c1-7-10-11(8(2)9(3)13-10)14-15(5,6)12-4/h8-11H,5,7H2,1-4,6H3/t8-,9+,10-,11?,15?/m1/s1.